The first kappa shape index (κ1) is 23.6. The zero-order valence-electron chi connectivity index (χ0n) is 19.9. The molecule has 0 aliphatic carbocycles. The molecular weight excluding hydrogens is 444 g/mol. The number of thiophene rings is 1. The zero-order chi connectivity index (χ0) is 24.2. The number of fused-ring (bicyclic) bond motifs is 1. The van der Waals surface area contributed by atoms with Gasteiger partial charge in [0, 0.05) is 47.2 Å². The third kappa shape index (κ3) is 5.15. The number of carbonyl (C=O) groups excluding carboxylic acids is 2. The van der Waals surface area contributed by atoms with Crippen LogP contribution >= 0.6 is 11.3 Å². The molecule has 0 saturated heterocycles. The summed E-state index contributed by atoms with van der Waals surface area (Å²) in [5.41, 5.74) is 6.19. The minimum atomic E-state index is -0.283. The number of H-pyrrole nitrogens is 1. The standard InChI is InChI=1S/C27H30N4O2S/c1-17-12-18(2)26(19(3)13-17)30-25(32)16-31(4)27(33)29-15-22(24-10-7-11-34-24)21-14-28-23-9-6-5-8-20(21)23/h5-14,22,28H,15-16H2,1-4H3,(H,29,33)(H,30,32). The minimum absolute atomic E-state index is 0.0141. The summed E-state index contributed by atoms with van der Waals surface area (Å²) in [4.78, 5) is 31.4. The Morgan fingerprint density at radius 3 is 2.50 bits per heavy atom. The van der Waals surface area contributed by atoms with E-state index in [1.54, 1.807) is 18.4 Å². The first-order valence-corrected chi connectivity index (χ1v) is 12.2. The fourth-order valence-corrected chi connectivity index (χ4v) is 5.25. The first-order chi connectivity index (χ1) is 16.3. The summed E-state index contributed by atoms with van der Waals surface area (Å²) in [5, 5.41) is 9.17. The van der Waals surface area contributed by atoms with Gasteiger partial charge in [-0.25, -0.2) is 4.79 Å². The molecule has 3 N–H and O–H groups in total. The van der Waals surface area contributed by atoms with E-state index in [1.807, 2.05) is 68.7 Å². The molecule has 1 atom stereocenters. The number of anilines is 1. The number of aromatic amines is 1. The molecular formula is C27H30N4O2S. The Bertz CT molecular complexity index is 1290. The van der Waals surface area contributed by atoms with Crippen LogP contribution in [0.4, 0.5) is 10.5 Å². The van der Waals surface area contributed by atoms with Crippen molar-refractivity contribution in [3.8, 4) is 0 Å². The predicted molar refractivity (Wildman–Crippen MR) is 140 cm³/mol. The molecule has 0 radical (unpaired) electrons. The summed E-state index contributed by atoms with van der Waals surface area (Å²) >= 11 is 1.67. The topological polar surface area (TPSA) is 77.2 Å². The lowest BCUT2D eigenvalue weighted by molar-refractivity contribution is -0.116. The van der Waals surface area contributed by atoms with Gasteiger partial charge in [0.05, 0.1) is 0 Å². The van der Waals surface area contributed by atoms with Crippen LogP contribution in [0.2, 0.25) is 0 Å². The third-order valence-electron chi connectivity index (χ3n) is 6.01. The van der Waals surface area contributed by atoms with Gasteiger partial charge in [-0.15, -0.1) is 11.3 Å². The average molecular weight is 475 g/mol. The lowest BCUT2D eigenvalue weighted by Crippen LogP contribution is -2.43. The van der Waals surface area contributed by atoms with Gasteiger partial charge >= 0.3 is 6.03 Å². The quantitative estimate of drug-likeness (QED) is 0.328. The van der Waals surface area contributed by atoms with Crippen molar-refractivity contribution in [2.45, 2.75) is 26.7 Å². The Labute approximate surface area is 204 Å². The van der Waals surface area contributed by atoms with Gasteiger partial charge < -0.3 is 20.5 Å². The fraction of sp³-hybridized carbons (Fsp3) is 0.259. The van der Waals surface area contributed by atoms with Crippen molar-refractivity contribution in [2.75, 3.05) is 25.5 Å². The molecule has 2 aromatic heterocycles. The second-order valence-corrected chi connectivity index (χ2v) is 9.70. The molecule has 34 heavy (non-hydrogen) atoms. The smallest absolute Gasteiger partial charge is 0.317 e. The van der Waals surface area contributed by atoms with Gasteiger partial charge in [0.25, 0.3) is 0 Å². The maximum absolute atomic E-state index is 12.8. The van der Waals surface area contributed by atoms with Gasteiger partial charge in [0.2, 0.25) is 5.91 Å². The van der Waals surface area contributed by atoms with E-state index < -0.39 is 0 Å². The number of aromatic nitrogens is 1. The highest BCUT2D eigenvalue weighted by molar-refractivity contribution is 7.10. The Morgan fingerprint density at radius 1 is 1.06 bits per heavy atom. The summed E-state index contributed by atoms with van der Waals surface area (Å²) in [7, 11) is 1.63. The van der Waals surface area contributed by atoms with E-state index in [0.29, 0.717) is 6.54 Å². The Morgan fingerprint density at radius 2 is 1.79 bits per heavy atom. The van der Waals surface area contributed by atoms with Gasteiger partial charge in [0.1, 0.15) is 6.54 Å². The molecule has 176 valence electrons. The van der Waals surface area contributed by atoms with Crippen molar-refractivity contribution in [1.82, 2.24) is 15.2 Å². The van der Waals surface area contributed by atoms with E-state index in [-0.39, 0.29) is 24.4 Å². The van der Waals surface area contributed by atoms with Crippen LogP contribution in [0.15, 0.2) is 60.1 Å². The molecule has 0 saturated carbocycles. The average Bonchev–Trinajstić information content (AvgIpc) is 3.47. The third-order valence-corrected chi connectivity index (χ3v) is 7.00. The number of rotatable bonds is 7. The van der Waals surface area contributed by atoms with E-state index in [4.69, 9.17) is 0 Å². The van der Waals surface area contributed by atoms with Crippen LogP contribution in [0, 0.1) is 20.8 Å². The summed E-state index contributed by atoms with van der Waals surface area (Å²) in [6, 6.07) is 16.1. The zero-order valence-corrected chi connectivity index (χ0v) is 20.8. The Kier molecular flexibility index (Phi) is 7.03. The fourth-order valence-electron chi connectivity index (χ4n) is 4.40. The highest BCUT2D eigenvalue weighted by Crippen LogP contribution is 2.32. The lowest BCUT2D eigenvalue weighted by atomic mass is 9.97. The van der Waals surface area contributed by atoms with Crippen molar-refractivity contribution in [1.29, 1.82) is 0 Å². The molecule has 0 spiro atoms. The normalized spacial score (nSPS) is 11.9. The summed E-state index contributed by atoms with van der Waals surface area (Å²) in [5.74, 6) is -0.209. The van der Waals surface area contributed by atoms with Gasteiger partial charge in [-0.2, -0.15) is 0 Å². The Balaban J connectivity index is 1.41. The van der Waals surface area contributed by atoms with E-state index in [9.17, 15) is 9.59 Å². The number of aryl methyl sites for hydroxylation is 3. The van der Waals surface area contributed by atoms with Crippen LogP contribution in [-0.2, 0) is 4.79 Å². The molecule has 0 aliphatic rings. The molecule has 6 nitrogen and oxygen atoms in total. The summed E-state index contributed by atoms with van der Waals surface area (Å²) in [6.07, 6.45) is 2.02. The SMILES string of the molecule is Cc1cc(C)c(NC(=O)CN(C)C(=O)NCC(c2cccs2)c2c[nH]c3ccccc23)c(C)c1. The minimum Gasteiger partial charge on any atom is -0.361 e. The number of likely N-dealkylation sites (N-methyl/N-ethyl adjacent to an activating group) is 1. The van der Waals surface area contributed by atoms with Crippen LogP contribution in [-0.4, -0.2) is 42.0 Å². The second kappa shape index (κ2) is 10.1. The van der Waals surface area contributed by atoms with Crippen LogP contribution in [0.3, 0.4) is 0 Å². The molecule has 4 rings (SSSR count). The maximum Gasteiger partial charge on any atom is 0.317 e. The molecule has 0 fully saturated rings. The van der Waals surface area contributed by atoms with Crippen molar-refractivity contribution in [3.05, 3.63) is 87.2 Å². The van der Waals surface area contributed by atoms with Crippen molar-refractivity contribution in [2.24, 2.45) is 0 Å². The number of nitrogens with one attached hydrogen (secondary N) is 3. The van der Waals surface area contributed by atoms with Crippen LogP contribution in [0.25, 0.3) is 10.9 Å². The molecule has 4 aromatic rings. The number of para-hydroxylation sites is 1. The highest BCUT2D eigenvalue weighted by Gasteiger charge is 2.21. The second-order valence-electron chi connectivity index (χ2n) is 8.72. The number of benzene rings is 2. The molecule has 7 heteroatoms. The van der Waals surface area contributed by atoms with Crippen LogP contribution in [0.5, 0.6) is 0 Å². The summed E-state index contributed by atoms with van der Waals surface area (Å²) < 4.78 is 0. The maximum atomic E-state index is 12.8. The number of urea groups is 1. The predicted octanol–water partition coefficient (Wildman–Crippen LogP) is 5.57. The molecule has 3 amide bonds. The van der Waals surface area contributed by atoms with Gasteiger partial charge in [0.15, 0.2) is 0 Å². The van der Waals surface area contributed by atoms with E-state index >= 15 is 0 Å². The largest absolute Gasteiger partial charge is 0.361 e. The first-order valence-electron chi connectivity index (χ1n) is 11.3. The monoisotopic (exact) mass is 474 g/mol. The molecule has 0 bridgehead atoms. The van der Waals surface area contributed by atoms with E-state index in [0.717, 1.165) is 38.8 Å². The van der Waals surface area contributed by atoms with Gasteiger partial charge in [-0.3, -0.25) is 4.79 Å². The number of hydrogen-bond donors (Lipinski definition) is 3. The van der Waals surface area contributed by atoms with Gasteiger partial charge in [-0.1, -0.05) is 42.0 Å². The van der Waals surface area contributed by atoms with E-state index in [1.165, 1.54) is 9.78 Å². The Hall–Kier alpha value is -3.58. The molecule has 2 aromatic carbocycles. The van der Waals surface area contributed by atoms with Gasteiger partial charge in [-0.05, 0) is 55.0 Å². The van der Waals surface area contributed by atoms with Crippen molar-refractivity contribution < 1.29 is 9.59 Å². The number of amides is 3. The van der Waals surface area contributed by atoms with Crippen molar-refractivity contribution in [3.63, 3.8) is 0 Å². The summed E-state index contributed by atoms with van der Waals surface area (Å²) in [6.45, 7) is 6.38. The number of carbonyl (C=O) groups is 2. The van der Waals surface area contributed by atoms with E-state index in [2.05, 4.69) is 27.8 Å². The number of nitrogens with zero attached hydrogens (tertiary/aromatic N) is 1. The van der Waals surface area contributed by atoms with Crippen LogP contribution in [0.1, 0.15) is 33.0 Å². The van der Waals surface area contributed by atoms with Crippen molar-refractivity contribution >= 4 is 39.9 Å². The molecule has 0 aliphatic heterocycles. The highest BCUT2D eigenvalue weighted by atomic mass is 32.1. The molecule has 2 heterocycles. The molecule has 1 unspecified atom stereocenters. The number of hydrogen-bond acceptors (Lipinski definition) is 3. The lowest BCUT2D eigenvalue weighted by Gasteiger charge is -2.21. The van der Waals surface area contributed by atoms with Crippen LogP contribution < -0.4 is 10.6 Å².